The van der Waals surface area contributed by atoms with Crippen LogP contribution in [0.15, 0.2) is 28.7 Å². The van der Waals surface area contributed by atoms with E-state index in [-0.39, 0.29) is 11.5 Å². The molecule has 102 valence electrons. The molecule has 0 aliphatic carbocycles. The summed E-state index contributed by atoms with van der Waals surface area (Å²) in [4.78, 5) is 39.4. The van der Waals surface area contributed by atoms with E-state index in [9.17, 15) is 19.2 Å². The van der Waals surface area contributed by atoms with Crippen LogP contribution in [0.5, 0.6) is 0 Å². The molecule has 9 heteroatoms. The summed E-state index contributed by atoms with van der Waals surface area (Å²) in [5.41, 5.74) is 0. The molecule has 0 spiro atoms. The highest BCUT2D eigenvalue weighted by Gasteiger charge is 2.12. The fourth-order valence-electron chi connectivity index (χ4n) is 0.710. The lowest BCUT2D eigenvalue weighted by atomic mass is 10.4. The summed E-state index contributed by atoms with van der Waals surface area (Å²) < 4.78 is 4.41. The average Bonchev–Trinajstić information content (AvgIpc) is 2.76. The average molecular weight is 272 g/mol. The Labute approximate surface area is 105 Å². The molecular formula is C10H8O9. The quantitative estimate of drug-likeness (QED) is 0.567. The van der Waals surface area contributed by atoms with Gasteiger partial charge in [0.25, 0.3) is 0 Å². The Hall–Kier alpha value is -3.10. The predicted octanol–water partition coefficient (Wildman–Crippen LogP) is 0.388. The lowest BCUT2D eigenvalue weighted by molar-refractivity contribution is -0.134. The zero-order valence-corrected chi connectivity index (χ0v) is 9.14. The highest BCUT2D eigenvalue weighted by Crippen LogP contribution is 2.06. The van der Waals surface area contributed by atoms with E-state index in [0.717, 1.165) is 12.1 Å². The Bertz CT molecular complexity index is 478. The molecule has 0 aliphatic rings. The summed E-state index contributed by atoms with van der Waals surface area (Å²) >= 11 is 0. The first-order valence-electron chi connectivity index (χ1n) is 4.44. The van der Waals surface area contributed by atoms with E-state index in [4.69, 9.17) is 20.4 Å². The van der Waals surface area contributed by atoms with Crippen molar-refractivity contribution in [3.05, 3.63) is 35.8 Å². The van der Waals surface area contributed by atoms with E-state index in [0.29, 0.717) is 12.2 Å². The summed E-state index contributed by atoms with van der Waals surface area (Å²) in [7, 11) is 0. The Morgan fingerprint density at radius 1 is 0.789 bits per heavy atom. The van der Waals surface area contributed by atoms with Crippen molar-refractivity contribution in [3.8, 4) is 0 Å². The summed E-state index contributed by atoms with van der Waals surface area (Å²) in [5, 5.41) is 32.2. The number of aliphatic carboxylic acids is 2. The molecule has 0 atom stereocenters. The third-order valence-corrected chi connectivity index (χ3v) is 1.40. The second kappa shape index (κ2) is 7.27. The molecule has 0 saturated carbocycles. The molecule has 9 nitrogen and oxygen atoms in total. The maximum Gasteiger partial charge on any atom is 0.371 e. The van der Waals surface area contributed by atoms with E-state index in [1.54, 1.807) is 0 Å². The molecule has 19 heavy (non-hydrogen) atoms. The molecule has 1 aromatic heterocycles. The molecule has 1 heterocycles. The third kappa shape index (κ3) is 6.94. The number of rotatable bonds is 4. The first-order chi connectivity index (χ1) is 8.73. The van der Waals surface area contributed by atoms with Gasteiger partial charge in [0.05, 0.1) is 0 Å². The second-order valence-electron chi connectivity index (χ2n) is 2.78. The molecule has 0 fully saturated rings. The number of aromatic carboxylic acids is 2. The van der Waals surface area contributed by atoms with Crippen molar-refractivity contribution in [2.24, 2.45) is 0 Å². The zero-order chi connectivity index (χ0) is 15.0. The molecule has 1 aromatic rings. The van der Waals surface area contributed by atoms with Gasteiger partial charge in [0.1, 0.15) is 0 Å². The molecular weight excluding hydrogens is 264 g/mol. The van der Waals surface area contributed by atoms with E-state index < -0.39 is 23.9 Å². The minimum atomic E-state index is -1.28. The van der Waals surface area contributed by atoms with Crippen molar-refractivity contribution in [2.75, 3.05) is 0 Å². The van der Waals surface area contributed by atoms with Gasteiger partial charge in [-0.3, -0.25) is 0 Å². The van der Waals surface area contributed by atoms with Crippen LogP contribution in [0.4, 0.5) is 0 Å². The molecule has 4 N–H and O–H groups in total. The van der Waals surface area contributed by atoms with Gasteiger partial charge in [0, 0.05) is 12.2 Å². The highest BCUT2D eigenvalue weighted by atomic mass is 16.4. The van der Waals surface area contributed by atoms with Gasteiger partial charge in [-0.25, -0.2) is 19.2 Å². The van der Waals surface area contributed by atoms with Crippen LogP contribution in [0.2, 0.25) is 0 Å². The lowest BCUT2D eigenvalue weighted by Crippen LogP contribution is -1.94. The van der Waals surface area contributed by atoms with Crippen LogP contribution in [0.1, 0.15) is 21.1 Å². The van der Waals surface area contributed by atoms with Crippen LogP contribution in [-0.2, 0) is 9.59 Å². The largest absolute Gasteiger partial charge is 0.478 e. The molecule has 0 unspecified atom stereocenters. The van der Waals surface area contributed by atoms with Crippen LogP contribution in [0.3, 0.4) is 0 Å². The number of furan rings is 1. The monoisotopic (exact) mass is 272 g/mol. The lowest BCUT2D eigenvalue weighted by Gasteiger charge is -1.84. The Kier molecular flexibility index (Phi) is 6.08. The zero-order valence-electron chi connectivity index (χ0n) is 9.14. The summed E-state index contributed by atoms with van der Waals surface area (Å²) in [5.74, 6) is -5.82. The van der Waals surface area contributed by atoms with Gasteiger partial charge in [-0.15, -0.1) is 0 Å². The smallest absolute Gasteiger partial charge is 0.371 e. The van der Waals surface area contributed by atoms with Crippen molar-refractivity contribution < 1.29 is 44.0 Å². The number of hydrogen-bond acceptors (Lipinski definition) is 5. The van der Waals surface area contributed by atoms with Gasteiger partial charge < -0.3 is 24.8 Å². The van der Waals surface area contributed by atoms with Gasteiger partial charge in [0.2, 0.25) is 11.5 Å². The molecule has 0 radical (unpaired) electrons. The molecule has 0 amide bonds. The van der Waals surface area contributed by atoms with E-state index in [2.05, 4.69) is 4.42 Å². The second-order valence-corrected chi connectivity index (χ2v) is 2.78. The molecule has 0 saturated heterocycles. The number of carboxylic acid groups (broad SMARTS) is 4. The van der Waals surface area contributed by atoms with Crippen LogP contribution in [0.25, 0.3) is 0 Å². The van der Waals surface area contributed by atoms with Crippen molar-refractivity contribution in [3.63, 3.8) is 0 Å². The van der Waals surface area contributed by atoms with Crippen LogP contribution < -0.4 is 0 Å². The third-order valence-electron chi connectivity index (χ3n) is 1.40. The minimum absolute atomic E-state index is 0.373. The topological polar surface area (TPSA) is 162 Å². The molecule has 1 rings (SSSR count). The molecule has 0 aromatic carbocycles. The predicted molar refractivity (Wildman–Crippen MR) is 57.0 cm³/mol. The number of carbonyl (C=O) groups is 4. The first kappa shape index (κ1) is 15.9. The summed E-state index contributed by atoms with van der Waals surface area (Å²) in [6.07, 6.45) is 1.12. The van der Waals surface area contributed by atoms with Gasteiger partial charge in [-0.2, -0.15) is 0 Å². The maximum absolute atomic E-state index is 10.2. The van der Waals surface area contributed by atoms with Crippen molar-refractivity contribution in [1.29, 1.82) is 0 Å². The normalized spacial score (nSPS) is 9.47. The maximum atomic E-state index is 10.2. The molecule has 0 aliphatic heterocycles. The Morgan fingerprint density at radius 3 is 1.26 bits per heavy atom. The number of hydrogen-bond donors (Lipinski definition) is 4. The fraction of sp³-hybridized carbons (Fsp3) is 0. The number of carboxylic acids is 4. The van der Waals surface area contributed by atoms with Crippen molar-refractivity contribution in [1.82, 2.24) is 0 Å². The SMILES string of the molecule is O=C(O)/C=C\C(=O)O.O=C(O)c1ccc(C(=O)O)o1. The van der Waals surface area contributed by atoms with Gasteiger partial charge in [-0.05, 0) is 12.1 Å². The molecule has 0 bridgehead atoms. The van der Waals surface area contributed by atoms with Gasteiger partial charge >= 0.3 is 23.9 Å². The minimum Gasteiger partial charge on any atom is -0.478 e. The van der Waals surface area contributed by atoms with Crippen molar-refractivity contribution >= 4 is 23.9 Å². The van der Waals surface area contributed by atoms with E-state index in [1.807, 2.05) is 0 Å². The van der Waals surface area contributed by atoms with Gasteiger partial charge in [0.15, 0.2) is 0 Å². The first-order valence-corrected chi connectivity index (χ1v) is 4.44. The Balaban J connectivity index is 0.000000362. The summed E-state index contributed by atoms with van der Waals surface area (Å²) in [6.45, 7) is 0. The Morgan fingerprint density at radius 2 is 1.11 bits per heavy atom. The van der Waals surface area contributed by atoms with Crippen LogP contribution >= 0.6 is 0 Å². The summed E-state index contributed by atoms with van der Waals surface area (Å²) in [6, 6.07) is 2.18. The van der Waals surface area contributed by atoms with Crippen molar-refractivity contribution in [2.45, 2.75) is 0 Å². The van der Waals surface area contributed by atoms with E-state index in [1.165, 1.54) is 0 Å². The van der Waals surface area contributed by atoms with Gasteiger partial charge in [-0.1, -0.05) is 0 Å². The standard InChI is InChI=1S/C6H4O5.C4H4O4/c7-5(8)3-1-2-4(11-3)6(9)10;5-3(6)1-2-4(7)8/h1-2H,(H,7,8)(H,9,10);1-2H,(H,5,6)(H,7,8)/b;2-1-. The highest BCUT2D eigenvalue weighted by molar-refractivity contribution is 5.89. The van der Waals surface area contributed by atoms with Crippen LogP contribution in [-0.4, -0.2) is 44.3 Å². The fourth-order valence-corrected chi connectivity index (χ4v) is 0.710. The van der Waals surface area contributed by atoms with E-state index >= 15 is 0 Å². The van der Waals surface area contributed by atoms with Crippen LogP contribution in [0, 0.1) is 0 Å².